The van der Waals surface area contributed by atoms with Crippen molar-refractivity contribution in [3.8, 4) is 11.5 Å². The quantitative estimate of drug-likeness (QED) is 0.738. The van der Waals surface area contributed by atoms with Gasteiger partial charge in [0.2, 0.25) is 0 Å². The largest absolute Gasteiger partial charge is 0.493 e. The van der Waals surface area contributed by atoms with E-state index in [0.29, 0.717) is 0 Å². The third-order valence-corrected chi connectivity index (χ3v) is 2.79. The lowest BCUT2D eigenvalue weighted by atomic mass is 10.1. The molecule has 0 aliphatic rings. The Hall–Kier alpha value is -1.22. The zero-order chi connectivity index (χ0) is 12.0. The van der Waals surface area contributed by atoms with Gasteiger partial charge in [0.15, 0.2) is 11.5 Å². The molecule has 0 unspecified atom stereocenters. The van der Waals surface area contributed by atoms with Crippen molar-refractivity contribution in [3.05, 3.63) is 23.8 Å². The fourth-order valence-corrected chi connectivity index (χ4v) is 1.62. The zero-order valence-corrected chi connectivity index (χ0v) is 10.6. The molecule has 0 heterocycles. The number of nitrogens with zero attached hydrogens (tertiary/aromatic N) is 1. The molecule has 0 N–H and O–H groups in total. The van der Waals surface area contributed by atoms with E-state index in [1.165, 1.54) is 5.56 Å². The summed E-state index contributed by atoms with van der Waals surface area (Å²) < 4.78 is 10.7. The van der Waals surface area contributed by atoms with Crippen LogP contribution in [0.25, 0.3) is 0 Å². The van der Waals surface area contributed by atoms with Crippen LogP contribution in [0.3, 0.4) is 0 Å². The molecule has 1 aromatic rings. The first-order chi connectivity index (χ1) is 7.72. The molecule has 0 aliphatic carbocycles. The molecule has 0 spiro atoms. The maximum Gasteiger partial charge on any atom is 0.163 e. The second kappa shape index (κ2) is 6.38. The fourth-order valence-electron chi connectivity index (χ4n) is 1.62. The van der Waals surface area contributed by atoms with Crippen molar-refractivity contribution < 1.29 is 9.47 Å². The summed E-state index contributed by atoms with van der Waals surface area (Å²) >= 11 is 0. The summed E-state index contributed by atoms with van der Waals surface area (Å²) in [7, 11) is 5.47. The molecule has 0 aromatic heterocycles. The van der Waals surface area contributed by atoms with E-state index in [2.05, 4.69) is 24.9 Å². The summed E-state index contributed by atoms with van der Waals surface area (Å²) in [5, 5.41) is 0. The van der Waals surface area contributed by atoms with Crippen molar-refractivity contribution in [3.63, 3.8) is 0 Å². The minimum absolute atomic E-state index is 0.805. The second-order valence-corrected chi connectivity index (χ2v) is 3.80. The number of rotatable bonds is 6. The van der Waals surface area contributed by atoms with Gasteiger partial charge in [-0.3, -0.25) is 0 Å². The Balaban J connectivity index is 2.78. The highest BCUT2D eigenvalue weighted by Gasteiger charge is 2.09. The van der Waals surface area contributed by atoms with E-state index in [9.17, 15) is 0 Å². The summed E-state index contributed by atoms with van der Waals surface area (Å²) in [5.74, 6) is 1.66. The number of likely N-dealkylation sites (N-methyl/N-ethyl adjacent to an activating group) is 1. The zero-order valence-electron chi connectivity index (χ0n) is 10.6. The number of methoxy groups -OCH3 is 2. The smallest absolute Gasteiger partial charge is 0.163 e. The molecule has 3 heteroatoms. The summed E-state index contributed by atoms with van der Waals surface area (Å²) in [6, 6.07) is 6.01. The Kier molecular flexibility index (Phi) is 5.12. The van der Waals surface area contributed by atoms with E-state index >= 15 is 0 Å². The fraction of sp³-hybridized carbons (Fsp3) is 0.538. The van der Waals surface area contributed by atoms with Crippen LogP contribution in [0.5, 0.6) is 11.5 Å². The Morgan fingerprint density at radius 1 is 1.19 bits per heavy atom. The van der Waals surface area contributed by atoms with Gasteiger partial charge in [-0.25, -0.2) is 0 Å². The van der Waals surface area contributed by atoms with E-state index in [1.807, 2.05) is 12.1 Å². The van der Waals surface area contributed by atoms with Gasteiger partial charge in [0, 0.05) is 6.54 Å². The van der Waals surface area contributed by atoms with Crippen LogP contribution in [0.2, 0.25) is 0 Å². The predicted octanol–water partition coefficient (Wildman–Crippen LogP) is 2.20. The lowest BCUT2D eigenvalue weighted by molar-refractivity contribution is 0.339. The standard InChI is InChI=1S/C13H21NO2/c1-5-14(2)10-9-11-7-6-8-12(15-3)13(11)16-4/h6-8H,5,9-10H2,1-4H3. The molecule has 0 saturated carbocycles. The molecule has 1 aromatic carbocycles. The first kappa shape index (κ1) is 12.8. The van der Waals surface area contributed by atoms with Gasteiger partial charge in [-0.15, -0.1) is 0 Å². The van der Waals surface area contributed by atoms with Gasteiger partial charge >= 0.3 is 0 Å². The third-order valence-electron chi connectivity index (χ3n) is 2.79. The monoisotopic (exact) mass is 223 g/mol. The van der Waals surface area contributed by atoms with E-state index < -0.39 is 0 Å². The molecule has 0 saturated heterocycles. The molecule has 90 valence electrons. The summed E-state index contributed by atoms with van der Waals surface area (Å²) in [5.41, 5.74) is 1.20. The molecule has 0 radical (unpaired) electrons. The average Bonchev–Trinajstić information content (AvgIpc) is 2.34. The van der Waals surface area contributed by atoms with Crippen molar-refractivity contribution in [2.45, 2.75) is 13.3 Å². The average molecular weight is 223 g/mol. The molecule has 0 atom stereocenters. The highest BCUT2D eigenvalue weighted by atomic mass is 16.5. The second-order valence-electron chi connectivity index (χ2n) is 3.80. The molecule has 0 aliphatic heterocycles. The molecular formula is C13H21NO2. The normalized spacial score (nSPS) is 10.6. The van der Waals surface area contributed by atoms with Crippen molar-refractivity contribution in [2.75, 3.05) is 34.4 Å². The maximum atomic E-state index is 5.39. The van der Waals surface area contributed by atoms with Crippen molar-refractivity contribution in [2.24, 2.45) is 0 Å². The van der Waals surface area contributed by atoms with Crippen LogP contribution in [0.15, 0.2) is 18.2 Å². The number of hydrogen-bond donors (Lipinski definition) is 0. The summed E-state index contributed by atoms with van der Waals surface area (Å²) in [6.45, 7) is 4.25. The Bertz CT molecular complexity index is 326. The van der Waals surface area contributed by atoms with Crippen LogP contribution >= 0.6 is 0 Å². The Morgan fingerprint density at radius 2 is 1.94 bits per heavy atom. The van der Waals surface area contributed by atoms with Crippen molar-refractivity contribution in [1.82, 2.24) is 4.90 Å². The van der Waals surface area contributed by atoms with Crippen molar-refractivity contribution in [1.29, 1.82) is 0 Å². The molecule has 1 rings (SSSR count). The Labute approximate surface area is 98.0 Å². The van der Waals surface area contributed by atoms with E-state index in [4.69, 9.17) is 9.47 Å². The number of hydrogen-bond acceptors (Lipinski definition) is 3. The lowest BCUT2D eigenvalue weighted by Crippen LogP contribution is -2.20. The Morgan fingerprint density at radius 3 is 2.50 bits per heavy atom. The number of benzene rings is 1. The third kappa shape index (κ3) is 3.14. The van der Waals surface area contributed by atoms with Crippen LogP contribution < -0.4 is 9.47 Å². The molecule has 3 nitrogen and oxygen atoms in total. The van der Waals surface area contributed by atoms with E-state index in [0.717, 1.165) is 31.0 Å². The predicted molar refractivity (Wildman–Crippen MR) is 66.4 cm³/mol. The first-order valence-electron chi connectivity index (χ1n) is 5.61. The molecular weight excluding hydrogens is 202 g/mol. The van der Waals surface area contributed by atoms with Gasteiger partial charge in [-0.2, -0.15) is 0 Å². The van der Waals surface area contributed by atoms with Gasteiger partial charge in [0.05, 0.1) is 14.2 Å². The van der Waals surface area contributed by atoms with Gasteiger partial charge in [0.25, 0.3) is 0 Å². The minimum Gasteiger partial charge on any atom is -0.493 e. The van der Waals surface area contributed by atoms with Gasteiger partial charge in [0.1, 0.15) is 0 Å². The van der Waals surface area contributed by atoms with Gasteiger partial charge in [-0.1, -0.05) is 19.1 Å². The van der Waals surface area contributed by atoms with Crippen LogP contribution in [-0.2, 0) is 6.42 Å². The molecule has 0 bridgehead atoms. The molecule has 16 heavy (non-hydrogen) atoms. The van der Waals surface area contributed by atoms with Gasteiger partial charge < -0.3 is 14.4 Å². The lowest BCUT2D eigenvalue weighted by Gasteiger charge is -2.16. The van der Waals surface area contributed by atoms with E-state index in [-0.39, 0.29) is 0 Å². The molecule has 0 fully saturated rings. The number of para-hydroxylation sites is 1. The van der Waals surface area contributed by atoms with Gasteiger partial charge in [-0.05, 0) is 31.6 Å². The number of ether oxygens (including phenoxy) is 2. The highest BCUT2D eigenvalue weighted by Crippen LogP contribution is 2.30. The summed E-state index contributed by atoms with van der Waals surface area (Å²) in [4.78, 5) is 2.28. The topological polar surface area (TPSA) is 21.7 Å². The first-order valence-corrected chi connectivity index (χ1v) is 5.61. The van der Waals surface area contributed by atoms with E-state index in [1.54, 1.807) is 14.2 Å². The van der Waals surface area contributed by atoms with Crippen LogP contribution in [0, 0.1) is 0 Å². The van der Waals surface area contributed by atoms with Crippen LogP contribution in [-0.4, -0.2) is 39.3 Å². The van der Waals surface area contributed by atoms with Crippen LogP contribution in [0.4, 0.5) is 0 Å². The summed E-state index contributed by atoms with van der Waals surface area (Å²) in [6.07, 6.45) is 0.977. The highest BCUT2D eigenvalue weighted by molar-refractivity contribution is 5.46. The van der Waals surface area contributed by atoms with Crippen molar-refractivity contribution >= 4 is 0 Å². The maximum absolute atomic E-state index is 5.39. The minimum atomic E-state index is 0.805. The van der Waals surface area contributed by atoms with Crippen LogP contribution in [0.1, 0.15) is 12.5 Å². The SMILES string of the molecule is CCN(C)CCc1cccc(OC)c1OC. The molecule has 0 amide bonds.